The van der Waals surface area contributed by atoms with E-state index in [0.29, 0.717) is 0 Å². The van der Waals surface area contributed by atoms with E-state index in [1.807, 2.05) is 6.07 Å². The van der Waals surface area contributed by atoms with Crippen molar-refractivity contribution in [3.8, 4) is 5.75 Å². The largest absolute Gasteiger partial charge is 0.492 e. The van der Waals surface area contributed by atoms with Crippen molar-refractivity contribution >= 4 is 11.6 Å². The molecule has 0 fully saturated rings. The van der Waals surface area contributed by atoms with Gasteiger partial charge in [-0.3, -0.25) is 0 Å². The average Bonchev–Trinajstić information content (AvgIpc) is 2.82. The number of benzene rings is 2. The van der Waals surface area contributed by atoms with Gasteiger partial charge < -0.3 is 4.74 Å². The Hall–Kier alpha value is -1.47. The molecule has 0 bridgehead atoms. The van der Waals surface area contributed by atoms with Crippen LogP contribution in [0.3, 0.4) is 0 Å². The molecule has 2 unspecified atom stereocenters. The third-order valence-electron chi connectivity index (χ3n) is 4.40. The zero-order valence-electron chi connectivity index (χ0n) is 12.8. The number of ether oxygens (including phenoxy) is 1. The molecule has 1 aliphatic heterocycles. The molecule has 0 aliphatic carbocycles. The summed E-state index contributed by atoms with van der Waals surface area (Å²) in [5.74, 6) is 1.27. The highest BCUT2D eigenvalue weighted by Crippen LogP contribution is 2.43. The fourth-order valence-electron chi connectivity index (χ4n) is 2.92. The number of hydrogen-bond donors (Lipinski definition) is 0. The molecule has 1 aliphatic rings. The zero-order chi connectivity index (χ0) is 15.0. The van der Waals surface area contributed by atoms with Crippen LogP contribution in [0.1, 0.15) is 48.8 Å². The Morgan fingerprint density at radius 1 is 1.05 bits per heavy atom. The van der Waals surface area contributed by atoms with Gasteiger partial charge in [0.05, 0.1) is 12.0 Å². The lowest BCUT2D eigenvalue weighted by Gasteiger charge is -2.21. The molecule has 0 radical (unpaired) electrons. The SMILES string of the molecule is CC(c1ccccc1)C(Cl)c1ccc2c(c1)C(C)(C)CO2. The van der Waals surface area contributed by atoms with Crippen molar-refractivity contribution in [2.45, 2.75) is 37.5 Å². The van der Waals surface area contributed by atoms with Gasteiger partial charge in [-0.1, -0.05) is 57.2 Å². The first-order chi connectivity index (χ1) is 9.99. The van der Waals surface area contributed by atoms with Crippen molar-refractivity contribution in [2.75, 3.05) is 6.61 Å². The van der Waals surface area contributed by atoms with Gasteiger partial charge in [-0.15, -0.1) is 11.6 Å². The lowest BCUT2D eigenvalue weighted by molar-refractivity contribution is 0.291. The van der Waals surface area contributed by atoms with Crippen LogP contribution >= 0.6 is 11.6 Å². The quantitative estimate of drug-likeness (QED) is 0.686. The van der Waals surface area contributed by atoms with Crippen LogP contribution in [0.5, 0.6) is 5.75 Å². The van der Waals surface area contributed by atoms with Crippen LogP contribution < -0.4 is 4.74 Å². The fourth-order valence-corrected chi connectivity index (χ4v) is 3.21. The summed E-state index contributed by atoms with van der Waals surface area (Å²) in [6.07, 6.45) is 0. The van der Waals surface area contributed by atoms with Crippen LogP contribution in [0, 0.1) is 0 Å². The molecule has 110 valence electrons. The maximum atomic E-state index is 6.75. The predicted molar refractivity (Wildman–Crippen MR) is 88.4 cm³/mol. The third kappa shape index (κ3) is 2.67. The van der Waals surface area contributed by atoms with Crippen LogP contribution in [0.15, 0.2) is 48.5 Å². The van der Waals surface area contributed by atoms with Crippen molar-refractivity contribution in [1.29, 1.82) is 0 Å². The van der Waals surface area contributed by atoms with Crippen molar-refractivity contribution in [1.82, 2.24) is 0 Å². The summed E-state index contributed by atoms with van der Waals surface area (Å²) in [6, 6.07) is 16.8. The summed E-state index contributed by atoms with van der Waals surface area (Å²) in [7, 11) is 0. The Balaban J connectivity index is 1.91. The normalized spacial score (nSPS) is 18.7. The Bertz CT molecular complexity index is 633. The highest BCUT2D eigenvalue weighted by Gasteiger charge is 2.32. The minimum atomic E-state index is -0.0332. The lowest BCUT2D eigenvalue weighted by Crippen LogP contribution is -2.18. The summed E-state index contributed by atoms with van der Waals surface area (Å²) in [5, 5.41) is -0.0332. The Morgan fingerprint density at radius 2 is 1.76 bits per heavy atom. The van der Waals surface area contributed by atoms with E-state index in [2.05, 4.69) is 63.2 Å². The number of alkyl halides is 1. The van der Waals surface area contributed by atoms with Crippen molar-refractivity contribution < 1.29 is 4.74 Å². The van der Waals surface area contributed by atoms with Gasteiger partial charge in [0.15, 0.2) is 0 Å². The van der Waals surface area contributed by atoms with Crippen LogP contribution in [-0.4, -0.2) is 6.61 Å². The van der Waals surface area contributed by atoms with Gasteiger partial charge in [0.1, 0.15) is 5.75 Å². The Kier molecular flexibility index (Phi) is 3.71. The van der Waals surface area contributed by atoms with E-state index < -0.39 is 0 Å². The summed E-state index contributed by atoms with van der Waals surface area (Å²) in [4.78, 5) is 0. The Morgan fingerprint density at radius 3 is 2.48 bits per heavy atom. The van der Waals surface area contributed by atoms with Crippen molar-refractivity contribution in [3.63, 3.8) is 0 Å². The topological polar surface area (TPSA) is 9.23 Å². The van der Waals surface area contributed by atoms with Gasteiger partial charge in [0, 0.05) is 16.9 Å². The zero-order valence-corrected chi connectivity index (χ0v) is 13.5. The van der Waals surface area contributed by atoms with Gasteiger partial charge in [-0.05, 0) is 23.3 Å². The molecule has 0 aromatic heterocycles. The minimum absolute atomic E-state index is 0.0332. The second kappa shape index (κ2) is 5.38. The monoisotopic (exact) mass is 300 g/mol. The molecule has 3 rings (SSSR count). The van der Waals surface area contributed by atoms with Gasteiger partial charge >= 0.3 is 0 Å². The summed E-state index contributed by atoms with van der Waals surface area (Å²) in [6.45, 7) is 7.35. The number of halogens is 1. The van der Waals surface area contributed by atoms with Gasteiger partial charge in [0.2, 0.25) is 0 Å². The van der Waals surface area contributed by atoms with E-state index in [0.717, 1.165) is 12.4 Å². The van der Waals surface area contributed by atoms with Crippen LogP contribution in [0.25, 0.3) is 0 Å². The van der Waals surface area contributed by atoms with Crippen LogP contribution in [-0.2, 0) is 5.41 Å². The molecule has 0 spiro atoms. The maximum Gasteiger partial charge on any atom is 0.123 e. The molecule has 0 amide bonds. The number of rotatable bonds is 3. The van der Waals surface area contributed by atoms with E-state index in [4.69, 9.17) is 16.3 Å². The third-order valence-corrected chi connectivity index (χ3v) is 5.03. The maximum absolute atomic E-state index is 6.75. The standard InChI is InChI=1S/C19H21ClO/c1-13(14-7-5-4-6-8-14)18(20)15-9-10-17-16(11-15)19(2,3)12-21-17/h4-11,13,18H,12H2,1-3H3. The van der Waals surface area contributed by atoms with E-state index in [9.17, 15) is 0 Å². The molecule has 2 aromatic rings. The Labute approximate surface area is 131 Å². The van der Waals surface area contributed by atoms with Crippen molar-refractivity contribution in [3.05, 3.63) is 65.2 Å². The van der Waals surface area contributed by atoms with Gasteiger partial charge in [-0.25, -0.2) is 0 Å². The van der Waals surface area contributed by atoms with Gasteiger partial charge in [0.25, 0.3) is 0 Å². The van der Waals surface area contributed by atoms with Crippen LogP contribution in [0.2, 0.25) is 0 Å². The van der Waals surface area contributed by atoms with E-state index in [1.54, 1.807) is 0 Å². The predicted octanol–water partition coefficient (Wildman–Crippen LogP) is 5.44. The number of hydrogen-bond acceptors (Lipinski definition) is 1. The lowest BCUT2D eigenvalue weighted by atomic mass is 9.84. The molecule has 0 saturated carbocycles. The highest BCUT2D eigenvalue weighted by atomic mass is 35.5. The molecule has 0 N–H and O–H groups in total. The molecule has 2 atom stereocenters. The molecule has 1 nitrogen and oxygen atoms in total. The first kappa shape index (κ1) is 14.5. The second-order valence-electron chi connectivity index (χ2n) is 6.53. The summed E-state index contributed by atoms with van der Waals surface area (Å²) < 4.78 is 5.75. The van der Waals surface area contributed by atoms with E-state index in [1.165, 1.54) is 16.7 Å². The van der Waals surface area contributed by atoms with E-state index in [-0.39, 0.29) is 16.7 Å². The average molecular weight is 301 g/mol. The second-order valence-corrected chi connectivity index (χ2v) is 7.00. The highest BCUT2D eigenvalue weighted by molar-refractivity contribution is 6.21. The molecule has 2 heteroatoms. The smallest absolute Gasteiger partial charge is 0.123 e. The molecular weight excluding hydrogens is 280 g/mol. The first-order valence-corrected chi connectivity index (χ1v) is 7.89. The minimum Gasteiger partial charge on any atom is -0.492 e. The van der Waals surface area contributed by atoms with Crippen LogP contribution in [0.4, 0.5) is 0 Å². The van der Waals surface area contributed by atoms with Crippen molar-refractivity contribution in [2.24, 2.45) is 0 Å². The molecule has 0 saturated heterocycles. The summed E-state index contributed by atoms with van der Waals surface area (Å²) in [5.41, 5.74) is 3.78. The molecule has 1 heterocycles. The first-order valence-electron chi connectivity index (χ1n) is 7.45. The fraction of sp³-hybridized carbons (Fsp3) is 0.368. The molecular formula is C19H21ClO. The van der Waals surface area contributed by atoms with E-state index >= 15 is 0 Å². The van der Waals surface area contributed by atoms with Gasteiger partial charge in [-0.2, -0.15) is 0 Å². The molecule has 21 heavy (non-hydrogen) atoms. The number of fused-ring (bicyclic) bond motifs is 1. The molecule has 2 aromatic carbocycles. The summed E-state index contributed by atoms with van der Waals surface area (Å²) >= 11 is 6.75.